The van der Waals surface area contributed by atoms with Crippen LogP contribution >= 0.6 is 0 Å². The molecular formula is C55H63ClN2. The zero-order valence-electron chi connectivity index (χ0n) is 34.8. The van der Waals surface area contributed by atoms with Gasteiger partial charge in [-0.2, -0.15) is 0 Å². The van der Waals surface area contributed by atoms with Crippen LogP contribution < -0.4 is 17.3 Å². The fraction of sp³-hybridized carbons (Fsp3) is 0.473. The van der Waals surface area contributed by atoms with E-state index in [-0.39, 0.29) is 12.4 Å². The van der Waals surface area contributed by atoms with E-state index in [0.717, 1.165) is 13.1 Å². The third-order valence-corrected chi connectivity index (χ3v) is 15.7. The Morgan fingerprint density at radius 3 is 1.34 bits per heavy atom. The van der Waals surface area contributed by atoms with Crippen molar-refractivity contribution in [3.8, 4) is 0 Å². The number of halogens is 1. The summed E-state index contributed by atoms with van der Waals surface area (Å²) in [6.45, 7) is 2.06. The molecule has 0 spiro atoms. The molecule has 6 aromatic rings. The van der Waals surface area contributed by atoms with E-state index < -0.39 is 0 Å². The number of benzene rings is 6. The average Bonchev–Trinajstić information content (AvgIpc) is 3.78. The van der Waals surface area contributed by atoms with Crippen LogP contribution in [0.25, 0.3) is 43.1 Å². The van der Waals surface area contributed by atoms with Gasteiger partial charge < -0.3 is 12.4 Å². The molecule has 4 fully saturated rings. The van der Waals surface area contributed by atoms with Crippen molar-refractivity contribution in [2.75, 3.05) is 18.0 Å². The maximum atomic E-state index is 2.76. The van der Waals surface area contributed by atoms with Gasteiger partial charge in [0.2, 0.25) is 6.34 Å². The van der Waals surface area contributed by atoms with Gasteiger partial charge in [-0.25, -0.2) is 9.48 Å². The minimum Gasteiger partial charge on any atom is -1.00 e. The molecule has 0 aromatic heterocycles. The molecule has 1 heterocycles. The standard InChI is InChI=1S/C55H63N2.ClH/c1-5-17-38(18-6-1)42-29-31-46-44-25-13-15-27-48(44)52(40-21-9-3-10-22-40)54(50(46)35-42)56-33-34-57(37-56)55-51-36-43(39-19-7-2-8-20-39)30-32-47(51)45-26-14-16-28-49(45)53(55)41-23-11-4-12-24-41;/h13-16,25-32,35-41H,1-12,17-24,33-34H2;1H/q+1;/p-1. The number of hydrogen-bond donors (Lipinski definition) is 0. The molecule has 58 heavy (non-hydrogen) atoms. The van der Waals surface area contributed by atoms with Crippen molar-refractivity contribution in [1.82, 2.24) is 0 Å². The summed E-state index contributed by atoms with van der Waals surface area (Å²) >= 11 is 0. The topological polar surface area (TPSA) is 6.25 Å². The largest absolute Gasteiger partial charge is 1.00 e. The molecule has 0 unspecified atom stereocenters. The minimum atomic E-state index is 0. The summed E-state index contributed by atoms with van der Waals surface area (Å²) < 4.78 is 2.76. The lowest BCUT2D eigenvalue weighted by atomic mass is 9.78. The highest BCUT2D eigenvalue weighted by molar-refractivity contribution is 6.18. The van der Waals surface area contributed by atoms with Crippen LogP contribution in [0, 0.1) is 0 Å². The van der Waals surface area contributed by atoms with E-state index >= 15 is 0 Å². The Morgan fingerprint density at radius 2 is 0.810 bits per heavy atom. The molecule has 4 saturated carbocycles. The van der Waals surface area contributed by atoms with E-state index in [1.165, 1.54) is 183 Å². The fourth-order valence-corrected chi connectivity index (χ4v) is 12.9. The van der Waals surface area contributed by atoms with Crippen LogP contribution in [-0.2, 0) is 0 Å². The molecule has 11 rings (SSSR count). The monoisotopic (exact) mass is 786 g/mol. The molecule has 0 N–H and O–H groups in total. The second-order valence-electron chi connectivity index (χ2n) is 19.1. The van der Waals surface area contributed by atoms with Gasteiger partial charge in [-0.1, -0.05) is 150 Å². The molecule has 0 bridgehead atoms. The maximum absolute atomic E-state index is 2.76. The zero-order chi connectivity index (χ0) is 37.7. The first-order chi connectivity index (χ1) is 28.3. The first-order valence-electron chi connectivity index (χ1n) is 23.6. The zero-order valence-corrected chi connectivity index (χ0v) is 35.6. The third kappa shape index (κ3) is 6.84. The summed E-state index contributed by atoms with van der Waals surface area (Å²) in [5.74, 6) is 2.61. The third-order valence-electron chi connectivity index (χ3n) is 15.7. The average molecular weight is 788 g/mol. The normalized spacial score (nSPS) is 20.6. The molecule has 4 aliphatic carbocycles. The van der Waals surface area contributed by atoms with Crippen molar-refractivity contribution >= 4 is 60.8 Å². The Balaban J connectivity index is 0.00000408. The van der Waals surface area contributed by atoms with Crippen molar-refractivity contribution in [3.63, 3.8) is 0 Å². The summed E-state index contributed by atoms with van der Waals surface area (Å²) in [7, 11) is 0. The molecule has 0 radical (unpaired) electrons. The first kappa shape index (κ1) is 38.3. The molecule has 6 aromatic carbocycles. The van der Waals surface area contributed by atoms with Crippen LogP contribution in [0.4, 0.5) is 11.4 Å². The van der Waals surface area contributed by atoms with Gasteiger partial charge in [-0.15, -0.1) is 0 Å². The predicted octanol–water partition coefficient (Wildman–Crippen LogP) is 12.7. The van der Waals surface area contributed by atoms with Crippen LogP contribution in [0.3, 0.4) is 0 Å². The Kier molecular flexibility index (Phi) is 11.0. The number of anilines is 1. The molecule has 0 amide bonds. The van der Waals surface area contributed by atoms with Crippen molar-refractivity contribution in [2.45, 2.75) is 152 Å². The van der Waals surface area contributed by atoms with Gasteiger partial charge in [0.05, 0.1) is 0 Å². The van der Waals surface area contributed by atoms with Crippen molar-refractivity contribution in [1.29, 1.82) is 0 Å². The van der Waals surface area contributed by atoms with Crippen molar-refractivity contribution < 1.29 is 17.0 Å². The summed E-state index contributed by atoms with van der Waals surface area (Å²) in [4.78, 5) is 2.76. The smallest absolute Gasteiger partial charge is 0.244 e. The lowest BCUT2D eigenvalue weighted by Crippen LogP contribution is -3.00. The first-order valence-corrected chi connectivity index (χ1v) is 23.6. The van der Waals surface area contributed by atoms with E-state index in [1.807, 2.05) is 0 Å². The van der Waals surface area contributed by atoms with Gasteiger partial charge in [0.15, 0.2) is 0 Å². The Morgan fingerprint density at radius 1 is 0.397 bits per heavy atom. The fourth-order valence-electron chi connectivity index (χ4n) is 12.9. The lowest BCUT2D eigenvalue weighted by Gasteiger charge is -2.28. The van der Waals surface area contributed by atoms with Crippen molar-refractivity contribution in [3.05, 3.63) is 107 Å². The molecule has 0 saturated heterocycles. The Hall–Kier alpha value is -3.88. The molecule has 5 aliphatic rings. The quantitative estimate of drug-likeness (QED) is 0.120. The predicted molar refractivity (Wildman–Crippen MR) is 244 cm³/mol. The Bertz CT molecular complexity index is 2470. The Labute approximate surface area is 353 Å². The summed E-state index contributed by atoms with van der Waals surface area (Å²) in [5.41, 5.74) is 9.52. The van der Waals surface area contributed by atoms with Crippen LogP contribution in [0.5, 0.6) is 0 Å². The number of rotatable bonds is 6. The van der Waals surface area contributed by atoms with Gasteiger partial charge in [-0.3, -0.25) is 0 Å². The van der Waals surface area contributed by atoms with E-state index in [4.69, 9.17) is 0 Å². The molecular weight excluding hydrogens is 724 g/mol. The molecule has 2 nitrogen and oxygen atoms in total. The second kappa shape index (κ2) is 16.6. The summed E-state index contributed by atoms with van der Waals surface area (Å²) in [6.07, 6.45) is 29.7. The van der Waals surface area contributed by atoms with Crippen molar-refractivity contribution in [2.24, 2.45) is 0 Å². The van der Waals surface area contributed by atoms with Crippen LogP contribution in [0.15, 0.2) is 84.9 Å². The number of hydrogen-bond acceptors (Lipinski definition) is 1. The van der Waals surface area contributed by atoms with E-state index in [2.05, 4.69) is 101 Å². The van der Waals surface area contributed by atoms with Gasteiger partial charge in [0.1, 0.15) is 24.5 Å². The van der Waals surface area contributed by atoms with Gasteiger partial charge in [0, 0.05) is 21.9 Å². The lowest BCUT2D eigenvalue weighted by molar-refractivity contribution is -0.423. The number of nitrogens with zero attached hydrogens (tertiary/aromatic N) is 2. The van der Waals surface area contributed by atoms with Gasteiger partial charge >= 0.3 is 0 Å². The highest BCUT2D eigenvalue weighted by Gasteiger charge is 2.36. The highest BCUT2D eigenvalue weighted by atomic mass is 35.5. The van der Waals surface area contributed by atoms with Gasteiger partial charge in [-0.05, 0) is 131 Å². The van der Waals surface area contributed by atoms with Crippen LogP contribution in [-0.4, -0.2) is 24.0 Å². The second-order valence-corrected chi connectivity index (χ2v) is 19.1. The molecule has 0 atom stereocenters. The van der Waals surface area contributed by atoms with E-state index in [0.29, 0.717) is 23.7 Å². The maximum Gasteiger partial charge on any atom is 0.244 e. The molecule has 1 aliphatic heterocycles. The van der Waals surface area contributed by atoms with Crippen LogP contribution in [0.1, 0.15) is 174 Å². The van der Waals surface area contributed by atoms with Gasteiger partial charge in [0.25, 0.3) is 0 Å². The van der Waals surface area contributed by atoms with Crippen LogP contribution in [0.2, 0.25) is 0 Å². The molecule has 300 valence electrons. The SMILES string of the molecule is C1=[N+](c2c(C3CCCCC3)c3ccccc3c3ccc(C4CCCCC4)cc23)CCN1c1c(C2CCCCC2)c2ccccc2c2ccc(C3CCCCC3)cc12.[Cl-]. The molecule has 3 heteroatoms. The number of fused-ring (bicyclic) bond motifs is 6. The highest BCUT2D eigenvalue weighted by Crippen LogP contribution is 2.50. The van der Waals surface area contributed by atoms with E-state index in [9.17, 15) is 0 Å². The summed E-state index contributed by atoms with van der Waals surface area (Å²) in [6, 6.07) is 34.4. The summed E-state index contributed by atoms with van der Waals surface area (Å²) in [5, 5.41) is 11.8. The minimum absolute atomic E-state index is 0. The van der Waals surface area contributed by atoms with E-state index in [1.54, 1.807) is 22.3 Å².